The van der Waals surface area contributed by atoms with Gasteiger partial charge in [-0.25, -0.2) is 4.98 Å². The smallest absolute Gasteiger partial charge is 0.230 e. The zero-order valence-electron chi connectivity index (χ0n) is 13.4. The van der Waals surface area contributed by atoms with Crippen molar-refractivity contribution in [3.63, 3.8) is 0 Å². The van der Waals surface area contributed by atoms with Crippen LogP contribution in [-0.2, 0) is 17.6 Å². The highest BCUT2D eigenvalue weighted by Crippen LogP contribution is 2.24. The van der Waals surface area contributed by atoms with E-state index in [-0.39, 0.29) is 12.3 Å². The number of carbonyl (C=O) groups is 1. The zero-order chi connectivity index (χ0) is 17.1. The zero-order valence-corrected chi connectivity index (χ0v) is 14.2. The molecule has 2 N–H and O–H groups in total. The summed E-state index contributed by atoms with van der Waals surface area (Å²) in [6.07, 6.45) is 2.72. The Morgan fingerprint density at radius 2 is 1.92 bits per heavy atom. The summed E-state index contributed by atoms with van der Waals surface area (Å²) < 4.78 is 1.21. The number of hydrogen-bond donors (Lipinski definition) is 2. The molecule has 0 spiro atoms. The molecule has 25 heavy (non-hydrogen) atoms. The van der Waals surface area contributed by atoms with Gasteiger partial charge in [0, 0.05) is 24.0 Å². The second kappa shape index (κ2) is 6.86. The maximum Gasteiger partial charge on any atom is 0.230 e. The molecule has 0 aliphatic heterocycles. The molecule has 1 amide bonds. The molecule has 0 atom stereocenters. The number of nitrogens with one attached hydrogen (secondary N) is 2. The van der Waals surface area contributed by atoms with Crippen LogP contribution < -0.4 is 5.32 Å². The lowest BCUT2D eigenvalue weighted by Gasteiger charge is -2.05. The van der Waals surface area contributed by atoms with Crippen molar-refractivity contribution in [1.82, 2.24) is 15.2 Å². The molecule has 4 aromatic rings. The molecule has 0 radical (unpaired) electrons. The molecule has 0 saturated heterocycles. The van der Waals surface area contributed by atoms with Crippen LogP contribution in [0.2, 0.25) is 0 Å². The maximum absolute atomic E-state index is 12.0. The Bertz CT molecular complexity index is 957. The average Bonchev–Trinajstić information content (AvgIpc) is 3.25. The Hall–Kier alpha value is -2.99. The lowest BCUT2D eigenvalue weighted by molar-refractivity contribution is -0.115. The molecule has 5 nitrogen and oxygen atoms in total. The monoisotopic (exact) mass is 348 g/mol. The summed E-state index contributed by atoms with van der Waals surface area (Å²) in [6, 6.07) is 17.9. The summed E-state index contributed by atoms with van der Waals surface area (Å²) in [6.45, 7) is 0. The van der Waals surface area contributed by atoms with Crippen LogP contribution in [0.5, 0.6) is 0 Å². The molecule has 0 fully saturated rings. The minimum atomic E-state index is -0.0665. The molecule has 0 bridgehead atoms. The fourth-order valence-corrected chi connectivity index (χ4v) is 3.64. The molecule has 0 unspecified atom stereocenters. The van der Waals surface area contributed by atoms with Crippen molar-refractivity contribution in [3.8, 4) is 0 Å². The summed E-state index contributed by atoms with van der Waals surface area (Å²) in [7, 11) is 0. The van der Waals surface area contributed by atoms with Gasteiger partial charge in [0.05, 0.1) is 21.6 Å². The van der Waals surface area contributed by atoms with Crippen molar-refractivity contribution >= 4 is 33.1 Å². The highest BCUT2D eigenvalue weighted by molar-refractivity contribution is 7.18. The lowest BCUT2D eigenvalue weighted by Crippen LogP contribution is -2.14. The standard InChI is InChI=1S/C19H16N4OS/c24-18(12-15-9-10-20-23-15)21-14-7-5-13(6-8-14)11-19-22-16-3-1-2-4-17(16)25-19/h1-10H,11-12H2,(H,20,23)(H,21,24). The van der Waals surface area contributed by atoms with Gasteiger partial charge < -0.3 is 5.32 Å². The molecule has 0 saturated carbocycles. The number of rotatable bonds is 5. The average molecular weight is 348 g/mol. The number of H-pyrrole nitrogens is 1. The third-order valence-corrected chi connectivity index (χ3v) is 4.88. The predicted octanol–water partition coefficient (Wildman–Crippen LogP) is 3.79. The quantitative estimate of drug-likeness (QED) is 0.576. The number of nitrogens with zero attached hydrogens (tertiary/aromatic N) is 2. The van der Waals surface area contributed by atoms with E-state index in [0.717, 1.165) is 28.3 Å². The minimum absolute atomic E-state index is 0.0665. The van der Waals surface area contributed by atoms with Crippen molar-refractivity contribution in [3.05, 3.63) is 77.1 Å². The minimum Gasteiger partial charge on any atom is -0.326 e. The van der Waals surface area contributed by atoms with Crippen molar-refractivity contribution < 1.29 is 4.79 Å². The van der Waals surface area contributed by atoms with Gasteiger partial charge in [0.25, 0.3) is 0 Å². The van der Waals surface area contributed by atoms with Crippen LogP contribution in [0, 0.1) is 0 Å². The molecule has 6 heteroatoms. The highest BCUT2D eigenvalue weighted by atomic mass is 32.1. The first-order valence-electron chi connectivity index (χ1n) is 7.98. The summed E-state index contributed by atoms with van der Waals surface area (Å²) in [5, 5.41) is 10.6. The van der Waals surface area contributed by atoms with E-state index < -0.39 is 0 Å². The van der Waals surface area contributed by atoms with Gasteiger partial charge in [-0.05, 0) is 35.9 Å². The predicted molar refractivity (Wildman–Crippen MR) is 99.8 cm³/mol. The number of para-hydroxylation sites is 1. The SMILES string of the molecule is O=C(Cc1ccn[nH]1)Nc1ccc(Cc2nc3ccccc3s2)cc1. The van der Waals surface area contributed by atoms with Crippen LogP contribution in [0.1, 0.15) is 16.3 Å². The largest absolute Gasteiger partial charge is 0.326 e. The van der Waals surface area contributed by atoms with E-state index >= 15 is 0 Å². The second-order valence-electron chi connectivity index (χ2n) is 5.76. The Morgan fingerprint density at radius 3 is 2.68 bits per heavy atom. The second-order valence-corrected chi connectivity index (χ2v) is 6.87. The number of carbonyl (C=O) groups excluding carboxylic acids is 1. The van der Waals surface area contributed by atoms with Crippen LogP contribution in [0.4, 0.5) is 5.69 Å². The molecule has 0 aliphatic carbocycles. The number of benzene rings is 2. The Kier molecular flexibility index (Phi) is 4.26. The van der Waals surface area contributed by atoms with E-state index in [1.54, 1.807) is 23.6 Å². The van der Waals surface area contributed by atoms with Crippen LogP contribution in [0.3, 0.4) is 0 Å². The molecule has 0 aliphatic rings. The molecule has 124 valence electrons. The fraction of sp³-hybridized carbons (Fsp3) is 0.105. The highest BCUT2D eigenvalue weighted by Gasteiger charge is 2.07. The van der Waals surface area contributed by atoms with Gasteiger partial charge >= 0.3 is 0 Å². The normalized spacial score (nSPS) is 10.9. The molecule has 2 aromatic heterocycles. The summed E-state index contributed by atoms with van der Waals surface area (Å²) in [5.41, 5.74) is 3.80. The first-order chi connectivity index (χ1) is 12.3. The van der Waals surface area contributed by atoms with Gasteiger partial charge in [-0.3, -0.25) is 9.89 Å². The number of anilines is 1. The first-order valence-corrected chi connectivity index (χ1v) is 8.79. The van der Waals surface area contributed by atoms with E-state index in [4.69, 9.17) is 0 Å². The number of aromatic nitrogens is 3. The van der Waals surface area contributed by atoms with E-state index in [2.05, 4.69) is 26.6 Å². The summed E-state index contributed by atoms with van der Waals surface area (Å²) >= 11 is 1.72. The van der Waals surface area contributed by atoms with Crippen molar-refractivity contribution in [2.45, 2.75) is 12.8 Å². The lowest BCUT2D eigenvalue weighted by atomic mass is 10.1. The maximum atomic E-state index is 12.0. The summed E-state index contributed by atoms with van der Waals surface area (Å²) in [5.74, 6) is -0.0665. The van der Waals surface area contributed by atoms with Gasteiger partial charge in [-0.1, -0.05) is 24.3 Å². The van der Waals surface area contributed by atoms with Crippen molar-refractivity contribution in [2.75, 3.05) is 5.32 Å². The van der Waals surface area contributed by atoms with Crippen LogP contribution in [0.25, 0.3) is 10.2 Å². The van der Waals surface area contributed by atoms with E-state index in [9.17, 15) is 4.79 Å². The number of aromatic amines is 1. The van der Waals surface area contributed by atoms with E-state index in [0.29, 0.717) is 0 Å². The molecule has 2 heterocycles. The van der Waals surface area contributed by atoms with Crippen LogP contribution >= 0.6 is 11.3 Å². The Morgan fingerprint density at radius 1 is 1.08 bits per heavy atom. The third kappa shape index (κ3) is 3.75. The van der Waals surface area contributed by atoms with Crippen LogP contribution in [-0.4, -0.2) is 21.1 Å². The van der Waals surface area contributed by atoms with Gasteiger partial charge in [0.2, 0.25) is 5.91 Å². The Balaban J connectivity index is 1.40. The first kappa shape index (κ1) is 15.5. The fourth-order valence-electron chi connectivity index (χ4n) is 2.64. The topological polar surface area (TPSA) is 70.7 Å². The number of thiazole rings is 1. The van der Waals surface area contributed by atoms with Crippen molar-refractivity contribution in [2.24, 2.45) is 0 Å². The third-order valence-electron chi connectivity index (χ3n) is 3.84. The number of hydrogen-bond acceptors (Lipinski definition) is 4. The van der Waals surface area contributed by atoms with Gasteiger partial charge in [0.1, 0.15) is 0 Å². The van der Waals surface area contributed by atoms with Crippen LogP contribution in [0.15, 0.2) is 60.8 Å². The van der Waals surface area contributed by atoms with E-state index in [1.807, 2.05) is 42.5 Å². The van der Waals surface area contributed by atoms with Gasteiger partial charge in [-0.15, -0.1) is 11.3 Å². The number of fused-ring (bicyclic) bond motifs is 1. The van der Waals surface area contributed by atoms with E-state index in [1.165, 1.54) is 10.3 Å². The van der Waals surface area contributed by atoms with Gasteiger partial charge in [-0.2, -0.15) is 5.10 Å². The molecular weight excluding hydrogens is 332 g/mol. The van der Waals surface area contributed by atoms with Crippen molar-refractivity contribution in [1.29, 1.82) is 0 Å². The van der Waals surface area contributed by atoms with Gasteiger partial charge in [0.15, 0.2) is 0 Å². The Labute approximate surface area is 148 Å². The molecule has 2 aromatic carbocycles. The number of amides is 1. The molecular formula is C19H16N4OS. The summed E-state index contributed by atoms with van der Waals surface area (Å²) in [4.78, 5) is 16.6. The molecule has 4 rings (SSSR count).